The first-order valence-corrected chi connectivity index (χ1v) is 5.57. The maximum Gasteiger partial charge on any atom is 0.419 e. The first-order chi connectivity index (χ1) is 9.18. The molecule has 0 unspecified atom stereocenters. The fourth-order valence-corrected chi connectivity index (χ4v) is 1.97. The van der Waals surface area contributed by atoms with Crippen molar-refractivity contribution in [3.05, 3.63) is 12.7 Å². The highest BCUT2D eigenvalue weighted by atomic mass is 19.4. The number of amides is 1. The van der Waals surface area contributed by atoms with Gasteiger partial charge in [0.1, 0.15) is 12.6 Å². The monoisotopic (exact) mass is 297 g/mol. The van der Waals surface area contributed by atoms with E-state index in [-0.39, 0.29) is 6.61 Å². The van der Waals surface area contributed by atoms with Crippen LogP contribution in [0.25, 0.3) is 0 Å². The molecule has 0 aromatic rings. The van der Waals surface area contributed by atoms with E-state index in [0.29, 0.717) is 4.90 Å². The summed E-state index contributed by atoms with van der Waals surface area (Å²) in [5.41, 5.74) is -2.71. The Morgan fingerprint density at radius 2 is 2.15 bits per heavy atom. The van der Waals surface area contributed by atoms with E-state index >= 15 is 0 Å². The quantitative estimate of drug-likeness (QED) is 0.794. The van der Waals surface area contributed by atoms with Gasteiger partial charge in [0.05, 0.1) is 6.54 Å². The lowest BCUT2D eigenvalue weighted by Crippen LogP contribution is -2.49. The minimum Gasteiger partial charge on any atom is -0.480 e. The van der Waals surface area contributed by atoms with Gasteiger partial charge < -0.3 is 14.6 Å². The number of carbonyl (C=O) groups excluding carboxylic acids is 1. The number of aliphatic carboxylic acids is 1. The number of ether oxygens (including phenoxy) is 2. The molecule has 1 fully saturated rings. The first kappa shape index (κ1) is 16.3. The second-order valence-corrected chi connectivity index (χ2v) is 4.25. The largest absolute Gasteiger partial charge is 0.480 e. The maximum absolute atomic E-state index is 13.0. The van der Waals surface area contributed by atoms with Gasteiger partial charge in [0.25, 0.3) is 0 Å². The molecule has 1 amide bonds. The Kier molecular flexibility index (Phi) is 4.64. The number of methoxy groups -OCH3 is 1. The third kappa shape index (κ3) is 2.87. The van der Waals surface area contributed by atoms with Crippen LogP contribution < -0.4 is 0 Å². The second kappa shape index (κ2) is 5.70. The predicted octanol–water partition coefficient (Wildman–Crippen LogP) is 1.42. The zero-order valence-corrected chi connectivity index (χ0v) is 10.6. The third-order valence-corrected chi connectivity index (χ3v) is 3.08. The number of likely N-dealkylation sites (tertiary alicyclic amines) is 1. The number of carboxylic acid groups (broad SMARTS) is 1. The lowest BCUT2D eigenvalue weighted by atomic mass is 9.99. The molecule has 0 aliphatic carbocycles. The number of carboxylic acids is 1. The highest BCUT2D eigenvalue weighted by molar-refractivity contribution is 5.81. The van der Waals surface area contributed by atoms with Crippen molar-refractivity contribution < 1.29 is 37.3 Å². The summed E-state index contributed by atoms with van der Waals surface area (Å²) in [4.78, 5) is 23.2. The fraction of sp³-hybridized carbons (Fsp3) is 0.636. The molecule has 1 saturated heterocycles. The highest BCUT2D eigenvalue weighted by Crippen LogP contribution is 2.43. The standard InChI is InChI=1S/C11H14F3NO5/c1-3-4-20-9(18)15-6-10(19-2,11(12,13)14)5-7(15)8(16)17/h3,7H,1,4-6H2,2H3,(H,16,17)/t7-,10-/m0/s1. The number of hydrogen-bond donors (Lipinski definition) is 1. The van der Waals surface area contributed by atoms with Gasteiger partial charge in [0.2, 0.25) is 0 Å². The molecule has 20 heavy (non-hydrogen) atoms. The van der Waals surface area contributed by atoms with E-state index in [4.69, 9.17) is 5.11 Å². The van der Waals surface area contributed by atoms with Crippen LogP contribution in [0.4, 0.5) is 18.0 Å². The van der Waals surface area contributed by atoms with Crippen LogP contribution >= 0.6 is 0 Å². The normalized spacial score (nSPS) is 26.4. The Balaban J connectivity index is 3.02. The summed E-state index contributed by atoms with van der Waals surface area (Å²) in [6, 6.07) is -1.66. The zero-order chi connectivity index (χ0) is 15.6. The Bertz CT molecular complexity index is 411. The van der Waals surface area contributed by atoms with Gasteiger partial charge in [0, 0.05) is 13.5 Å². The molecule has 1 heterocycles. The minimum absolute atomic E-state index is 0.228. The summed E-state index contributed by atoms with van der Waals surface area (Å²) in [5.74, 6) is -1.55. The molecule has 0 aromatic carbocycles. The molecule has 1 aliphatic heterocycles. The van der Waals surface area contributed by atoms with Crippen molar-refractivity contribution >= 4 is 12.1 Å². The molecule has 0 bridgehead atoms. The van der Waals surface area contributed by atoms with E-state index in [0.717, 1.165) is 7.11 Å². The van der Waals surface area contributed by atoms with Crippen LogP contribution in [0.1, 0.15) is 6.42 Å². The lowest BCUT2D eigenvalue weighted by Gasteiger charge is -2.29. The number of carbonyl (C=O) groups is 2. The van der Waals surface area contributed by atoms with Gasteiger partial charge in [-0.3, -0.25) is 4.90 Å². The van der Waals surface area contributed by atoms with E-state index in [1.807, 2.05) is 0 Å². The van der Waals surface area contributed by atoms with Gasteiger partial charge in [-0.15, -0.1) is 0 Å². The first-order valence-electron chi connectivity index (χ1n) is 5.57. The number of alkyl halides is 3. The molecule has 0 spiro atoms. The van der Waals surface area contributed by atoms with Crippen LogP contribution in [-0.2, 0) is 14.3 Å². The zero-order valence-electron chi connectivity index (χ0n) is 10.6. The van der Waals surface area contributed by atoms with Gasteiger partial charge in [-0.05, 0) is 0 Å². The van der Waals surface area contributed by atoms with E-state index in [9.17, 15) is 22.8 Å². The number of hydrogen-bond acceptors (Lipinski definition) is 4. The molecule has 0 aromatic heterocycles. The van der Waals surface area contributed by atoms with Crippen LogP contribution in [0.5, 0.6) is 0 Å². The number of rotatable bonds is 4. The molecule has 0 radical (unpaired) electrons. The van der Waals surface area contributed by atoms with Crippen LogP contribution in [-0.4, -0.2) is 60.1 Å². The topological polar surface area (TPSA) is 76.1 Å². The highest BCUT2D eigenvalue weighted by Gasteiger charge is 2.64. The molecule has 1 N–H and O–H groups in total. The molecular formula is C11H14F3NO5. The van der Waals surface area contributed by atoms with Crippen molar-refractivity contribution in [2.45, 2.75) is 24.2 Å². The van der Waals surface area contributed by atoms with Crippen molar-refractivity contribution in [3.63, 3.8) is 0 Å². The van der Waals surface area contributed by atoms with Crippen molar-refractivity contribution in [3.8, 4) is 0 Å². The summed E-state index contributed by atoms with van der Waals surface area (Å²) in [6.45, 7) is 2.12. The Labute approximate surface area is 112 Å². The summed E-state index contributed by atoms with van der Waals surface area (Å²) >= 11 is 0. The fourth-order valence-electron chi connectivity index (χ4n) is 1.97. The van der Waals surface area contributed by atoms with Crippen LogP contribution in [0, 0.1) is 0 Å². The Hall–Kier alpha value is -1.77. The molecular weight excluding hydrogens is 283 g/mol. The Morgan fingerprint density at radius 1 is 1.55 bits per heavy atom. The second-order valence-electron chi connectivity index (χ2n) is 4.25. The maximum atomic E-state index is 13.0. The van der Waals surface area contributed by atoms with Crippen LogP contribution in [0.15, 0.2) is 12.7 Å². The van der Waals surface area contributed by atoms with Crippen LogP contribution in [0.2, 0.25) is 0 Å². The van der Waals surface area contributed by atoms with Gasteiger partial charge in [-0.1, -0.05) is 12.7 Å². The number of nitrogens with zero attached hydrogens (tertiary/aromatic N) is 1. The molecule has 114 valence electrons. The van der Waals surface area contributed by atoms with Gasteiger partial charge in [-0.25, -0.2) is 9.59 Å². The average Bonchev–Trinajstić information content (AvgIpc) is 2.76. The SMILES string of the molecule is C=CCOC(=O)N1C[C@](OC)(C(F)(F)F)C[C@H]1C(=O)O. The summed E-state index contributed by atoms with van der Waals surface area (Å²) in [5, 5.41) is 8.96. The molecule has 0 saturated carbocycles. The van der Waals surface area contributed by atoms with E-state index in [1.165, 1.54) is 6.08 Å². The number of halogens is 3. The smallest absolute Gasteiger partial charge is 0.419 e. The third-order valence-electron chi connectivity index (χ3n) is 3.08. The molecule has 9 heteroatoms. The van der Waals surface area contributed by atoms with Crippen LogP contribution in [0.3, 0.4) is 0 Å². The molecule has 2 atom stereocenters. The average molecular weight is 297 g/mol. The van der Waals surface area contributed by atoms with Gasteiger partial charge >= 0.3 is 18.2 Å². The van der Waals surface area contributed by atoms with Crippen molar-refractivity contribution in [1.82, 2.24) is 4.90 Å². The van der Waals surface area contributed by atoms with E-state index < -0.39 is 42.8 Å². The lowest BCUT2D eigenvalue weighted by molar-refractivity contribution is -0.263. The van der Waals surface area contributed by atoms with Crippen molar-refractivity contribution in [2.24, 2.45) is 0 Å². The van der Waals surface area contributed by atoms with Gasteiger partial charge in [0.15, 0.2) is 5.60 Å². The summed E-state index contributed by atoms with van der Waals surface area (Å²) in [6.07, 6.45) is -5.62. The van der Waals surface area contributed by atoms with Crippen molar-refractivity contribution in [1.29, 1.82) is 0 Å². The predicted molar refractivity (Wildman–Crippen MR) is 60.1 cm³/mol. The summed E-state index contributed by atoms with van der Waals surface area (Å²) < 4.78 is 48.1. The van der Waals surface area contributed by atoms with Gasteiger partial charge in [-0.2, -0.15) is 13.2 Å². The molecule has 1 rings (SSSR count). The van der Waals surface area contributed by atoms with E-state index in [1.54, 1.807) is 0 Å². The molecule has 1 aliphatic rings. The van der Waals surface area contributed by atoms with Crippen molar-refractivity contribution in [2.75, 3.05) is 20.3 Å². The minimum atomic E-state index is -4.80. The molecule has 6 nitrogen and oxygen atoms in total. The van der Waals surface area contributed by atoms with E-state index in [2.05, 4.69) is 16.1 Å². The summed E-state index contributed by atoms with van der Waals surface area (Å²) in [7, 11) is 0.824. The Morgan fingerprint density at radius 3 is 2.55 bits per heavy atom.